The Morgan fingerprint density at radius 1 is 1.19 bits per heavy atom. The molecule has 4 heteroatoms. The number of rotatable bonds is 5. The van der Waals surface area contributed by atoms with Crippen LogP contribution in [0, 0.1) is 5.92 Å². The summed E-state index contributed by atoms with van der Waals surface area (Å²) in [6.07, 6.45) is 5.85. The molecule has 1 aliphatic rings. The summed E-state index contributed by atoms with van der Waals surface area (Å²) >= 11 is 0. The molecule has 1 aliphatic carbocycles. The zero-order valence-electron chi connectivity index (χ0n) is 12.8. The Kier molecular flexibility index (Phi) is 6.05. The third-order valence-electron chi connectivity index (χ3n) is 4.49. The Morgan fingerprint density at radius 2 is 1.86 bits per heavy atom. The monoisotopic (exact) mass is 290 g/mol. The molecule has 0 atom stereocenters. The maximum Gasteiger partial charge on any atom is 0.315 e. The van der Waals surface area contributed by atoms with Crippen molar-refractivity contribution in [3.05, 3.63) is 35.4 Å². The van der Waals surface area contributed by atoms with E-state index in [4.69, 9.17) is 0 Å². The van der Waals surface area contributed by atoms with Gasteiger partial charge in [0.15, 0.2) is 0 Å². The lowest BCUT2D eigenvalue weighted by Crippen LogP contribution is -2.43. The highest BCUT2D eigenvalue weighted by Crippen LogP contribution is 2.26. The number of amides is 2. The zero-order valence-corrected chi connectivity index (χ0v) is 12.8. The van der Waals surface area contributed by atoms with Crippen LogP contribution in [0.15, 0.2) is 24.3 Å². The van der Waals surface area contributed by atoms with E-state index < -0.39 is 0 Å². The van der Waals surface area contributed by atoms with Gasteiger partial charge in [-0.2, -0.15) is 0 Å². The molecule has 116 valence electrons. The van der Waals surface area contributed by atoms with Gasteiger partial charge in [-0.25, -0.2) is 4.79 Å². The number of hydrogen-bond acceptors (Lipinski definition) is 2. The highest BCUT2D eigenvalue weighted by Gasteiger charge is 2.21. The van der Waals surface area contributed by atoms with Crippen molar-refractivity contribution in [3.8, 4) is 0 Å². The summed E-state index contributed by atoms with van der Waals surface area (Å²) in [5.41, 5.74) is 1.83. The van der Waals surface area contributed by atoms with Gasteiger partial charge in [-0.1, -0.05) is 37.6 Å². The lowest BCUT2D eigenvalue weighted by atomic mass is 9.85. The first-order valence-corrected chi connectivity index (χ1v) is 7.95. The number of aliphatic hydroxyl groups excluding tert-OH is 1. The SMILES string of the molecule is CCC1CCC(NC(=O)NCc2ccccc2CO)CC1. The molecule has 3 N–H and O–H groups in total. The maximum absolute atomic E-state index is 12.0. The van der Waals surface area contributed by atoms with Crippen molar-refractivity contribution >= 4 is 6.03 Å². The molecule has 2 rings (SSSR count). The fraction of sp³-hybridized carbons (Fsp3) is 0.588. The minimum Gasteiger partial charge on any atom is -0.392 e. The fourth-order valence-corrected chi connectivity index (χ4v) is 3.01. The quantitative estimate of drug-likeness (QED) is 0.781. The van der Waals surface area contributed by atoms with E-state index in [1.54, 1.807) is 0 Å². The highest BCUT2D eigenvalue weighted by atomic mass is 16.3. The second-order valence-corrected chi connectivity index (χ2v) is 5.88. The number of nitrogens with one attached hydrogen (secondary N) is 2. The molecule has 1 fully saturated rings. The predicted octanol–water partition coefficient (Wildman–Crippen LogP) is 2.95. The van der Waals surface area contributed by atoms with Crippen LogP contribution in [0.3, 0.4) is 0 Å². The van der Waals surface area contributed by atoms with Crippen molar-refractivity contribution in [2.75, 3.05) is 0 Å². The highest BCUT2D eigenvalue weighted by molar-refractivity contribution is 5.74. The van der Waals surface area contributed by atoms with Crippen LogP contribution in [0.2, 0.25) is 0 Å². The van der Waals surface area contributed by atoms with E-state index in [0.717, 1.165) is 29.9 Å². The molecule has 4 nitrogen and oxygen atoms in total. The van der Waals surface area contributed by atoms with Gasteiger partial charge in [-0.3, -0.25) is 0 Å². The zero-order chi connectivity index (χ0) is 15.1. The number of carbonyl (C=O) groups excluding carboxylic acids is 1. The number of carbonyl (C=O) groups is 1. The Balaban J connectivity index is 1.75. The first-order valence-electron chi connectivity index (χ1n) is 7.95. The van der Waals surface area contributed by atoms with Gasteiger partial charge in [0.25, 0.3) is 0 Å². The third kappa shape index (κ3) is 4.74. The molecule has 0 unspecified atom stereocenters. The summed E-state index contributed by atoms with van der Waals surface area (Å²) < 4.78 is 0. The minimum absolute atomic E-state index is 0.000500. The molecule has 1 aromatic rings. The molecule has 0 aromatic heterocycles. The van der Waals surface area contributed by atoms with Gasteiger partial charge in [0.05, 0.1) is 6.61 Å². The second kappa shape index (κ2) is 8.03. The van der Waals surface area contributed by atoms with Gasteiger partial charge < -0.3 is 15.7 Å². The first kappa shape index (κ1) is 15.8. The number of urea groups is 1. The summed E-state index contributed by atoms with van der Waals surface area (Å²) in [6, 6.07) is 7.81. The Labute approximate surface area is 126 Å². The van der Waals surface area contributed by atoms with Crippen molar-refractivity contribution in [3.63, 3.8) is 0 Å². The van der Waals surface area contributed by atoms with Crippen LogP contribution in [0.4, 0.5) is 4.79 Å². The molecule has 0 saturated heterocycles. The van der Waals surface area contributed by atoms with Gasteiger partial charge in [0.2, 0.25) is 0 Å². The average Bonchev–Trinajstić information content (AvgIpc) is 2.54. The molecule has 2 amide bonds. The van der Waals surface area contributed by atoms with Crippen molar-refractivity contribution in [1.82, 2.24) is 10.6 Å². The molecular formula is C17H26N2O2. The van der Waals surface area contributed by atoms with E-state index in [2.05, 4.69) is 17.6 Å². The smallest absolute Gasteiger partial charge is 0.315 e. The van der Waals surface area contributed by atoms with Crippen molar-refractivity contribution < 1.29 is 9.90 Å². The number of hydrogen-bond donors (Lipinski definition) is 3. The van der Waals surface area contributed by atoms with Crippen molar-refractivity contribution in [1.29, 1.82) is 0 Å². The molecule has 1 saturated carbocycles. The van der Waals surface area contributed by atoms with Crippen LogP contribution < -0.4 is 10.6 Å². The molecule has 0 aliphatic heterocycles. The van der Waals surface area contributed by atoms with E-state index in [1.165, 1.54) is 19.3 Å². The standard InChI is InChI=1S/C17H26N2O2/c1-2-13-7-9-16(10-8-13)19-17(21)18-11-14-5-3-4-6-15(14)12-20/h3-6,13,16,20H,2,7-12H2,1H3,(H2,18,19,21). The average molecular weight is 290 g/mol. The molecule has 0 bridgehead atoms. The Hall–Kier alpha value is -1.55. The topological polar surface area (TPSA) is 61.4 Å². The molecule has 21 heavy (non-hydrogen) atoms. The summed E-state index contributed by atoms with van der Waals surface area (Å²) in [7, 11) is 0. The molecule has 0 radical (unpaired) electrons. The van der Waals surface area contributed by atoms with E-state index in [-0.39, 0.29) is 12.6 Å². The minimum atomic E-state index is -0.109. The van der Waals surface area contributed by atoms with Crippen LogP contribution in [-0.2, 0) is 13.2 Å². The summed E-state index contributed by atoms with van der Waals surface area (Å²) in [5, 5.41) is 15.2. The molecular weight excluding hydrogens is 264 g/mol. The predicted molar refractivity (Wildman–Crippen MR) is 83.8 cm³/mol. The lowest BCUT2D eigenvalue weighted by molar-refractivity contribution is 0.225. The summed E-state index contributed by atoms with van der Waals surface area (Å²) in [6.45, 7) is 2.69. The van der Waals surface area contributed by atoms with E-state index in [1.807, 2.05) is 24.3 Å². The van der Waals surface area contributed by atoms with E-state index in [9.17, 15) is 9.90 Å². The largest absolute Gasteiger partial charge is 0.392 e. The van der Waals surface area contributed by atoms with Crippen LogP contribution in [0.5, 0.6) is 0 Å². The normalized spacial score (nSPS) is 21.8. The maximum atomic E-state index is 12.0. The van der Waals surface area contributed by atoms with Crippen molar-refractivity contribution in [2.45, 2.75) is 58.2 Å². The van der Waals surface area contributed by atoms with Gasteiger partial charge in [0, 0.05) is 12.6 Å². The number of benzene rings is 1. The first-order chi connectivity index (χ1) is 10.2. The fourth-order valence-electron chi connectivity index (χ4n) is 3.01. The number of aliphatic hydroxyl groups is 1. The van der Waals surface area contributed by atoms with Gasteiger partial charge >= 0.3 is 6.03 Å². The van der Waals surface area contributed by atoms with Crippen LogP contribution in [-0.4, -0.2) is 17.2 Å². The third-order valence-corrected chi connectivity index (χ3v) is 4.49. The van der Waals surface area contributed by atoms with E-state index in [0.29, 0.717) is 12.6 Å². The van der Waals surface area contributed by atoms with Crippen LogP contribution in [0.1, 0.15) is 50.2 Å². The summed E-state index contributed by atoms with van der Waals surface area (Å²) in [4.78, 5) is 12.0. The van der Waals surface area contributed by atoms with Crippen LogP contribution in [0.25, 0.3) is 0 Å². The van der Waals surface area contributed by atoms with Gasteiger partial charge in [-0.05, 0) is 42.7 Å². The molecule has 0 spiro atoms. The Morgan fingerprint density at radius 3 is 2.48 bits per heavy atom. The van der Waals surface area contributed by atoms with E-state index >= 15 is 0 Å². The molecule has 1 aromatic carbocycles. The molecule has 0 heterocycles. The van der Waals surface area contributed by atoms with Gasteiger partial charge in [-0.15, -0.1) is 0 Å². The van der Waals surface area contributed by atoms with Gasteiger partial charge in [0.1, 0.15) is 0 Å². The summed E-state index contributed by atoms with van der Waals surface area (Å²) in [5.74, 6) is 0.836. The second-order valence-electron chi connectivity index (χ2n) is 5.88. The van der Waals surface area contributed by atoms with Crippen LogP contribution >= 0.6 is 0 Å². The Bertz CT molecular complexity index is 454. The van der Waals surface area contributed by atoms with Crippen molar-refractivity contribution in [2.24, 2.45) is 5.92 Å². The lowest BCUT2D eigenvalue weighted by Gasteiger charge is -2.28.